The molecule has 3 aromatic rings. The van der Waals surface area contributed by atoms with Crippen LogP contribution in [0.15, 0.2) is 48.5 Å². The van der Waals surface area contributed by atoms with E-state index in [1.54, 1.807) is 29.2 Å². The lowest BCUT2D eigenvalue weighted by atomic mass is 9.97. The number of nitrogens with zero attached hydrogens (tertiary/aromatic N) is 3. The molecule has 2 N–H and O–H groups in total. The molecule has 0 saturated carbocycles. The zero-order valence-electron chi connectivity index (χ0n) is 18.6. The van der Waals surface area contributed by atoms with Gasteiger partial charge in [0.2, 0.25) is 15.9 Å². The number of anilines is 1. The van der Waals surface area contributed by atoms with Crippen LogP contribution in [0.4, 0.5) is 5.69 Å². The van der Waals surface area contributed by atoms with Crippen LogP contribution in [-0.2, 0) is 11.3 Å². The highest BCUT2D eigenvalue weighted by Crippen LogP contribution is 2.22. The molecule has 10 heteroatoms. The molecule has 1 aliphatic heterocycles. The lowest BCUT2D eigenvalue weighted by Gasteiger charge is -2.31. The maximum Gasteiger partial charge on any atom is 0.286 e. The van der Waals surface area contributed by atoms with Crippen molar-refractivity contribution >= 4 is 46.3 Å². The predicted molar refractivity (Wildman–Crippen MR) is 131 cm³/mol. The SMILES string of the molecule is Cc1ccc(CNC(=O)[C@@H]2CCCN(C(=O)c3nnc(C(=O)Nc4cccc(Cl)c4)s3)C2)cc1. The summed E-state index contributed by atoms with van der Waals surface area (Å²) < 4.78 is 0. The van der Waals surface area contributed by atoms with E-state index in [0.29, 0.717) is 36.8 Å². The summed E-state index contributed by atoms with van der Waals surface area (Å²) >= 11 is 6.87. The minimum absolute atomic E-state index is 0.0723. The summed E-state index contributed by atoms with van der Waals surface area (Å²) in [6, 6.07) is 14.7. The Labute approximate surface area is 206 Å². The van der Waals surface area contributed by atoms with Crippen molar-refractivity contribution in [2.45, 2.75) is 26.3 Å². The van der Waals surface area contributed by atoms with E-state index in [-0.39, 0.29) is 27.7 Å². The topological polar surface area (TPSA) is 104 Å². The third-order valence-electron chi connectivity index (χ3n) is 5.55. The van der Waals surface area contributed by atoms with Crippen LogP contribution in [-0.4, -0.2) is 45.9 Å². The molecule has 0 aliphatic carbocycles. The molecule has 176 valence electrons. The first-order valence-corrected chi connectivity index (χ1v) is 12.1. The van der Waals surface area contributed by atoms with Gasteiger partial charge < -0.3 is 15.5 Å². The number of carbonyl (C=O) groups is 3. The van der Waals surface area contributed by atoms with Gasteiger partial charge in [-0.2, -0.15) is 0 Å². The first kappa shape index (κ1) is 23.8. The molecular weight excluding hydrogens is 474 g/mol. The minimum Gasteiger partial charge on any atom is -0.352 e. The number of hydrogen-bond acceptors (Lipinski definition) is 6. The van der Waals surface area contributed by atoms with Crippen molar-refractivity contribution < 1.29 is 14.4 Å². The number of rotatable bonds is 6. The van der Waals surface area contributed by atoms with Gasteiger partial charge in [-0.15, -0.1) is 10.2 Å². The van der Waals surface area contributed by atoms with Crippen LogP contribution in [0.3, 0.4) is 0 Å². The Hall–Kier alpha value is -3.30. The van der Waals surface area contributed by atoms with E-state index < -0.39 is 5.91 Å². The van der Waals surface area contributed by atoms with E-state index >= 15 is 0 Å². The second kappa shape index (κ2) is 10.8. The van der Waals surface area contributed by atoms with Gasteiger partial charge in [0, 0.05) is 30.3 Å². The Balaban J connectivity index is 1.33. The number of amides is 3. The number of aryl methyl sites for hydroxylation is 1. The monoisotopic (exact) mass is 497 g/mol. The summed E-state index contributed by atoms with van der Waals surface area (Å²) in [5.74, 6) is -1.15. The number of benzene rings is 2. The van der Waals surface area contributed by atoms with E-state index in [0.717, 1.165) is 23.3 Å². The Morgan fingerprint density at radius 3 is 2.65 bits per heavy atom. The second-order valence-electron chi connectivity index (χ2n) is 8.17. The van der Waals surface area contributed by atoms with Crippen LogP contribution < -0.4 is 10.6 Å². The van der Waals surface area contributed by atoms with Crippen molar-refractivity contribution in [1.82, 2.24) is 20.4 Å². The Bertz CT molecular complexity index is 1200. The summed E-state index contributed by atoms with van der Waals surface area (Å²) in [5, 5.41) is 14.1. The van der Waals surface area contributed by atoms with Gasteiger partial charge in [-0.1, -0.05) is 58.8 Å². The summed E-state index contributed by atoms with van der Waals surface area (Å²) in [6.07, 6.45) is 1.43. The first-order valence-electron chi connectivity index (χ1n) is 10.9. The number of piperidine rings is 1. The van der Waals surface area contributed by atoms with Crippen LogP contribution in [0.2, 0.25) is 5.02 Å². The maximum absolute atomic E-state index is 13.0. The third kappa shape index (κ3) is 5.98. The lowest BCUT2D eigenvalue weighted by Crippen LogP contribution is -2.45. The zero-order valence-corrected chi connectivity index (χ0v) is 20.2. The average Bonchev–Trinajstić information content (AvgIpc) is 3.34. The average molecular weight is 498 g/mol. The molecule has 2 aromatic carbocycles. The van der Waals surface area contributed by atoms with Crippen molar-refractivity contribution in [3.05, 3.63) is 74.7 Å². The van der Waals surface area contributed by atoms with Crippen molar-refractivity contribution in [2.75, 3.05) is 18.4 Å². The minimum atomic E-state index is -0.467. The van der Waals surface area contributed by atoms with Crippen LogP contribution in [0.1, 0.15) is 43.6 Å². The van der Waals surface area contributed by atoms with Gasteiger partial charge in [-0.05, 0) is 43.5 Å². The molecule has 8 nitrogen and oxygen atoms in total. The fourth-order valence-corrected chi connectivity index (χ4v) is 4.60. The molecule has 0 spiro atoms. The first-order chi connectivity index (χ1) is 16.4. The number of carbonyl (C=O) groups excluding carboxylic acids is 3. The van der Waals surface area contributed by atoms with Gasteiger partial charge in [0.15, 0.2) is 0 Å². The van der Waals surface area contributed by atoms with Crippen LogP contribution in [0, 0.1) is 12.8 Å². The largest absolute Gasteiger partial charge is 0.352 e. The van der Waals surface area contributed by atoms with Gasteiger partial charge >= 0.3 is 0 Å². The summed E-state index contributed by atoms with van der Waals surface area (Å²) in [6.45, 7) is 3.31. The Morgan fingerprint density at radius 1 is 1.12 bits per heavy atom. The molecule has 1 fully saturated rings. The fraction of sp³-hybridized carbons (Fsp3) is 0.292. The number of aromatic nitrogens is 2. The van der Waals surface area contributed by atoms with Crippen LogP contribution in [0.25, 0.3) is 0 Å². The highest BCUT2D eigenvalue weighted by Gasteiger charge is 2.30. The van der Waals surface area contributed by atoms with Crippen LogP contribution >= 0.6 is 22.9 Å². The molecule has 0 radical (unpaired) electrons. The molecule has 2 heterocycles. The molecular formula is C24H24ClN5O3S. The zero-order chi connectivity index (χ0) is 24.1. The van der Waals surface area contributed by atoms with Gasteiger partial charge in [0.1, 0.15) is 0 Å². The molecule has 1 aromatic heterocycles. The molecule has 4 rings (SSSR count). The third-order valence-corrected chi connectivity index (χ3v) is 6.70. The van der Waals surface area contributed by atoms with E-state index in [1.165, 1.54) is 5.56 Å². The van der Waals surface area contributed by atoms with Gasteiger partial charge in [0.25, 0.3) is 11.8 Å². The van der Waals surface area contributed by atoms with Gasteiger partial charge in [0.05, 0.1) is 5.92 Å². The quantitative estimate of drug-likeness (QED) is 0.537. The summed E-state index contributed by atoms with van der Waals surface area (Å²) in [7, 11) is 0. The fourth-order valence-electron chi connectivity index (χ4n) is 3.70. The van der Waals surface area contributed by atoms with Gasteiger partial charge in [-0.25, -0.2) is 0 Å². The van der Waals surface area contributed by atoms with Crippen LogP contribution in [0.5, 0.6) is 0 Å². The normalized spacial score (nSPS) is 15.6. The standard InChI is InChI=1S/C24H24ClN5O3S/c1-15-7-9-16(10-8-15)13-26-20(31)17-4-3-11-30(14-17)24(33)23-29-28-22(34-23)21(32)27-19-6-2-5-18(25)12-19/h2,5-10,12,17H,3-4,11,13-14H2,1H3,(H,26,31)(H,27,32)/t17-/m1/s1. The summed E-state index contributed by atoms with van der Waals surface area (Å²) in [4.78, 5) is 39.7. The molecule has 34 heavy (non-hydrogen) atoms. The maximum atomic E-state index is 13.0. The number of likely N-dealkylation sites (tertiary alicyclic amines) is 1. The number of nitrogens with one attached hydrogen (secondary N) is 2. The van der Waals surface area contributed by atoms with E-state index in [4.69, 9.17) is 11.6 Å². The molecule has 1 aliphatic rings. The smallest absolute Gasteiger partial charge is 0.286 e. The second-order valence-corrected chi connectivity index (χ2v) is 9.58. The lowest BCUT2D eigenvalue weighted by molar-refractivity contribution is -0.126. The summed E-state index contributed by atoms with van der Waals surface area (Å²) in [5.41, 5.74) is 2.72. The van der Waals surface area contributed by atoms with E-state index in [2.05, 4.69) is 20.8 Å². The molecule has 0 unspecified atom stereocenters. The number of halogens is 1. The molecule has 1 saturated heterocycles. The van der Waals surface area contributed by atoms with E-state index in [9.17, 15) is 14.4 Å². The molecule has 0 bridgehead atoms. The Morgan fingerprint density at radius 2 is 1.88 bits per heavy atom. The van der Waals surface area contributed by atoms with Crippen molar-refractivity contribution in [3.8, 4) is 0 Å². The Kier molecular flexibility index (Phi) is 7.54. The molecule has 3 amide bonds. The van der Waals surface area contributed by atoms with E-state index in [1.807, 2.05) is 31.2 Å². The molecule has 1 atom stereocenters. The van der Waals surface area contributed by atoms with Crippen molar-refractivity contribution in [2.24, 2.45) is 5.92 Å². The predicted octanol–water partition coefficient (Wildman–Crippen LogP) is 3.92. The van der Waals surface area contributed by atoms with Crippen molar-refractivity contribution in [1.29, 1.82) is 0 Å². The van der Waals surface area contributed by atoms with Gasteiger partial charge in [-0.3, -0.25) is 14.4 Å². The highest BCUT2D eigenvalue weighted by atomic mass is 35.5. The van der Waals surface area contributed by atoms with Crippen molar-refractivity contribution in [3.63, 3.8) is 0 Å². The number of hydrogen-bond donors (Lipinski definition) is 2. The highest BCUT2D eigenvalue weighted by molar-refractivity contribution is 7.15.